The second kappa shape index (κ2) is 8.56. The first-order valence-corrected chi connectivity index (χ1v) is 10.1. The number of nitrogens with one attached hydrogen (secondary N) is 1. The number of pyridine rings is 1. The Morgan fingerprint density at radius 1 is 1.04 bits per heavy atom. The summed E-state index contributed by atoms with van der Waals surface area (Å²) in [6.45, 7) is 0.555. The van der Waals surface area contributed by atoms with Crippen LogP contribution in [0.1, 0.15) is 12.8 Å². The number of benzene rings is 2. The Balaban J connectivity index is 1.51. The molecule has 1 unspecified atom stereocenters. The summed E-state index contributed by atoms with van der Waals surface area (Å²) in [6, 6.07) is 16.5. The predicted molar refractivity (Wildman–Crippen MR) is 105 cm³/mol. The van der Waals surface area contributed by atoms with Gasteiger partial charge in [0.05, 0.1) is 11.1 Å². The zero-order chi connectivity index (χ0) is 17.6. The first-order valence-electron chi connectivity index (χ1n) is 8.03. The Kier molecular flexibility index (Phi) is 6.18. The average Bonchev–Trinajstić information content (AvgIpc) is 2.63. The summed E-state index contributed by atoms with van der Waals surface area (Å²) in [5, 5.41) is 0.905. The average molecular weight is 420 g/mol. The molecule has 1 N–H and O–H groups in total. The minimum absolute atomic E-state index is 0.125. The molecule has 6 heteroatoms. The molecule has 0 bridgehead atoms. The lowest BCUT2D eigenvalue weighted by atomic mass is 10.2. The maximum atomic E-state index is 12.1. The zero-order valence-corrected chi connectivity index (χ0v) is 15.9. The van der Waals surface area contributed by atoms with Gasteiger partial charge in [0.1, 0.15) is 11.5 Å². The van der Waals surface area contributed by atoms with Gasteiger partial charge in [-0.05, 0) is 70.3 Å². The van der Waals surface area contributed by atoms with Crippen LogP contribution in [0.3, 0.4) is 0 Å². The molecule has 0 saturated carbocycles. The largest absolute Gasteiger partial charge is 0.611 e. The summed E-state index contributed by atoms with van der Waals surface area (Å²) >= 11 is 2.58. The van der Waals surface area contributed by atoms with Gasteiger partial charge in [-0.25, -0.2) is 0 Å². The van der Waals surface area contributed by atoms with Crippen molar-refractivity contribution in [2.24, 2.45) is 0 Å². The number of aromatic amines is 1. The van der Waals surface area contributed by atoms with Crippen molar-refractivity contribution >= 4 is 38.0 Å². The van der Waals surface area contributed by atoms with Gasteiger partial charge in [0.2, 0.25) is 5.56 Å². The molecule has 1 atom stereocenters. The molecular formula is C19H18BrNO3S. The third-order valence-corrected chi connectivity index (χ3v) is 6.07. The van der Waals surface area contributed by atoms with Gasteiger partial charge >= 0.3 is 0 Å². The van der Waals surface area contributed by atoms with E-state index in [9.17, 15) is 9.35 Å². The summed E-state index contributed by atoms with van der Waals surface area (Å²) in [4.78, 5) is 15.0. The predicted octanol–water partition coefficient (Wildman–Crippen LogP) is 4.26. The first-order chi connectivity index (χ1) is 12.1. The smallest absolute Gasteiger partial charge is 0.248 e. The lowest BCUT2D eigenvalue weighted by Crippen LogP contribution is -2.08. The summed E-state index contributed by atoms with van der Waals surface area (Å²) in [6.07, 6.45) is 1.66. The number of ether oxygens (including phenoxy) is 1. The van der Waals surface area contributed by atoms with E-state index >= 15 is 0 Å². The number of unbranched alkanes of at least 4 members (excludes halogenated alkanes) is 1. The topological polar surface area (TPSA) is 65.2 Å². The van der Waals surface area contributed by atoms with Crippen LogP contribution in [0.2, 0.25) is 0 Å². The molecule has 0 amide bonds. The molecule has 0 fully saturated rings. The molecular weight excluding hydrogens is 402 g/mol. The van der Waals surface area contributed by atoms with E-state index < -0.39 is 11.2 Å². The Bertz CT molecular complexity index is 898. The monoisotopic (exact) mass is 419 g/mol. The van der Waals surface area contributed by atoms with Crippen LogP contribution in [-0.2, 0) is 11.2 Å². The molecule has 130 valence electrons. The number of hydrogen-bond acceptors (Lipinski definition) is 3. The van der Waals surface area contributed by atoms with E-state index in [4.69, 9.17) is 4.74 Å². The summed E-state index contributed by atoms with van der Waals surface area (Å²) in [7, 11) is 0. The number of fused-ring (bicyclic) bond motifs is 1. The molecule has 25 heavy (non-hydrogen) atoms. The summed E-state index contributed by atoms with van der Waals surface area (Å²) in [5.41, 5.74) is 0.643. The maximum Gasteiger partial charge on any atom is 0.248 e. The number of aromatic nitrogens is 1. The van der Waals surface area contributed by atoms with E-state index in [0.717, 1.165) is 38.9 Å². The third-order valence-electron chi connectivity index (χ3n) is 3.79. The number of H-pyrrole nitrogens is 1. The van der Waals surface area contributed by atoms with E-state index in [-0.39, 0.29) is 5.56 Å². The molecule has 0 radical (unpaired) electrons. The highest BCUT2D eigenvalue weighted by molar-refractivity contribution is 9.10. The van der Waals surface area contributed by atoms with Gasteiger partial charge in [0.25, 0.3) is 0 Å². The van der Waals surface area contributed by atoms with Gasteiger partial charge in [-0.1, -0.05) is 18.2 Å². The summed E-state index contributed by atoms with van der Waals surface area (Å²) in [5.74, 6) is 1.37. The van der Waals surface area contributed by atoms with E-state index in [1.807, 2.05) is 42.5 Å². The highest BCUT2D eigenvalue weighted by Gasteiger charge is 2.10. The SMILES string of the molecule is O=c1ccc2c(Br)c(OCCCC[S+]([O-])c3ccccc3)ccc2[nH]1. The van der Waals surface area contributed by atoms with Crippen LogP contribution in [0.15, 0.2) is 68.8 Å². The normalized spacial score (nSPS) is 12.2. The molecule has 0 spiro atoms. The fraction of sp³-hybridized carbons (Fsp3) is 0.211. The minimum Gasteiger partial charge on any atom is -0.611 e. The molecule has 0 aliphatic heterocycles. The summed E-state index contributed by atoms with van der Waals surface area (Å²) < 4.78 is 18.8. The van der Waals surface area contributed by atoms with Gasteiger partial charge in [0, 0.05) is 17.0 Å². The Morgan fingerprint density at radius 3 is 2.64 bits per heavy atom. The highest BCUT2D eigenvalue weighted by atomic mass is 79.9. The van der Waals surface area contributed by atoms with Crippen LogP contribution in [0, 0.1) is 0 Å². The van der Waals surface area contributed by atoms with Crippen molar-refractivity contribution in [1.29, 1.82) is 0 Å². The molecule has 1 heterocycles. The highest BCUT2D eigenvalue weighted by Crippen LogP contribution is 2.31. The molecule has 3 aromatic rings. The fourth-order valence-corrected chi connectivity index (χ4v) is 4.25. The lowest BCUT2D eigenvalue weighted by molar-refractivity contribution is 0.308. The van der Waals surface area contributed by atoms with Gasteiger partial charge in [0.15, 0.2) is 4.90 Å². The van der Waals surface area contributed by atoms with Gasteiger partial charge in [-0.15, -0.1) is 0 Å². The number of rotatable bonds is 7. The van der Waals surface area contributed by atoms with Crippen molar-refractivity contribution in [3.8, 4) is 5.75 Å². The Morgan fingerprint density at radius 2 is 1.84 bits per heavy atom. The van der Waals surface area contributed by atoms with E-state index in [0.29, 0.717) is 12.4 Å². The molecule has 1 aromatic heterocycles. The quantitative estimate of drug-likeness (QED) is 0.459. The van der Waals surface area contributed by atoms with Crippen molar-refractivity contribution < 1.29 is 9.29 Å². The van der Waals surface area contributed by atoms with Crippen LogP contribution in [0.5, 0.6) is 5.75 Å². The van der Waals surface area contributed by atoms with Gasteiger partial charge in [-0.2, -0.15) is 0 Å². The van der Waals surface area contributed by atoms with Crippen molar-refractivity contribution in [3.63, 3.8) is 0 Å². The zero-order valence-electron chi connectivity index (χ0n) is 13.5. The van der Waals surface area contributed by atoms with E-state index in [1.54, 1.807) is 6.07 Å². The first kappa shape index (κ1) is 18.0. The molecule has 0 aliphatic rings. The van der Waals surface area contributed by atoms with Crippen molar-refractivity contribution in [3.05, 3.63) is 69.4 Å². The number of halogens is 1. The molecule has 4 nitrogen and oxygen atoms in total. The van der Waals surface area contributed by atoms with Crippen LogP contribution >= 0.6 is 15.9 Å². The maximum absolute atomic E-state index is 12.1. The van der Waals surface area contributed by atoms with E-state index in [2.05, 4.69) is 20.9 Å². The Labute approximate surface area is 157 Å². The standard InChI is InChI=1S/C19H18BrNO3S/c20-19-15-8-11-18(22)21-16(15)9-10-17(19)24-12-4-5-13-25(23)14-6-2-1-3-7-14/h1-3,6-11H,4-5,12-13H2,(H,21,22). The van der Waals surface area contributed by atoms with E-state index in [1.165, 1.54) is 6.07 Å². The van der Waals surface area contributed by atoms with Gasteiger partial charge in [-0.3, -0.25) is 4.79 Å². The Hall–Kier alpha value is -1.76. The molecule has 0 saturated heterocycles. The molecule has 2 aromatic carbocycles. The van der Waals surface area contributed by atoms with Crippen LogP contribution < -0.4 is 10.3 Å². The lowest BCUT2D eigenvalue weighted by Gasteiger charge is -2.12. The van der Waals surface area contributed by atoms with Crippen LogP contribution in [0.25, 0.3) is 10.9 Å². The molecule has 3 rings (SSSR count). The van der Waals surface area contributed by atoms with Crippen molar-refractivity contribution in [2.45, 2.75) is 17.7 Å². The fourth-order valence-electron chi connectivity index (χ4n) is 2.50. The second-order valence-electron chi connectivity index (χ2n) is 5.58. The third kappa shape index (κ3) is 4.66. The second-order valence-corrected chi connectivity index (χ2v) is 7.94. The molecule has 0 aliphatic carbocycles. The minimum atomic E-state index is -0.955. The van der Waals surface area contributed by atoms with Crippen molar-refractivity contribution in [2.75, 3.05) is 12.4 Å². The van der Waals surface area contributed by atoms with Gasteiger partial charge < -0.3 is 14.3 Å². The van der Waals surface area contributed by atoms with Crippen LogP contribution in [0.4, 0.5) is 0 Å². The number of hydrogen-bond donors (Lipinski definition) is 1. The van der Waals surface area contributed by atoms with Crippen molar-refractivity contribution in [1.82, 2.24) is 4.98 Å². The van der Waals surface area contributed by atoms with Crippen LogP contribution in [-0.4, -0.2) is 21.9 Å².